The maximum Gasteiger partial charge on any atom is -0.00939 e. The summed E-state index contributed by atoms with van der Waals surface area (Å²) in [6.45, 7) is 4.82. The molecule has 9 aliphatic carbocycles. The van der Waals surface area contributed by atoms with Gasteiger partial charge in [0.05, 0.1) is 0 Å². The maximum absolute atomic E-state index is 2.89. The van der Waals surface area contributed by atoms with Gasteiger partial charge in [0.15, 0.2) is 0 Å². The van der Waals surface area contributed by atoms with Crippen molar-refractivity contribution in [3.05, 3.63) is 149 Å². The van der Waals surface area contributed by atoms with E-state index in [1.165, 1.54) is 89.0 Å². The van der Waals surface area contributed by atoms with Crippen molar-refractivity contribution in [2.75, 3.05) is 0 Å². The molecule has 4 aromatic carbocycles. The topological polar surface area (TPSA) is 0 Å². The number of aryl methyl sites for hydroxylation is 2. The molecule has 0 aromatic heterocycles. The molecule has 0 spiro atoms. The quantitative estimate of drug-likeness (QED) is 0.193. The van der Waals surface area contributed by atoms with Gasteiger partial charge in [0.2, 0.25) is 0 Å². The normalized spacial score (nSPS) is 44.6. The lowest BCUT2D eigenvalue weighted by Gasteiger charge is -2.61. The molecule has 0 amide bonds. The Morgan fingerprint density at radius 1 is 0.400 bits per heavy atom. The van der Waals surface area contributed by atoms with Crippen LogP contribution in [0.2, 0.25) is 0 Å². The van der Waals surface area contributed by atoms with E-state index in [4.69, 9.17) is 0 Å². The SMILES string of the molecule is Cc1cccc(C)c1C1CCC2C(C1)CC1C3C2CCCC3C2C(c3ccccc3)C3CC4C5CCC(c6ccccc6)=CC5C5CCCC(C54)C3C(c3ccccc3)C12. The molecule has 9 aliphatic rings. The highest BCUT2D eigenvalue weighted by atomic mass is 14.7. The van der Waals surface area contributed by atoms with Crippen LogP contribution in [-0.4, -0.2) is 0 Å². The lowest BCUT2D eigenvalue weighted by Crippen LogP contribution is -2.54. The van der Waals surface area contributed by atoms with E-state index in [2.05, 4.69) is 129 Å². The van der Waals surface area contributed by atoms with Crippen molar-refractivity contribution >= 4 is 5.57 Å². The molecule has 8 fully saturated rings. The number of benzene rings is 4. The minimum Gasteiger partial charge on any atom is -0.0770 e. The summed E-state index contributed by atoms with van der Waals surface area (Å²) in [7, 11) is 0. The van der Waals surface area contributed by atoms with E-state index in [0.717, 1.165) is 112 Å². The molecule has 0 saturated heterocycles. The molecule has 0 nitrogen and oxygen atoms in total. The first-order chi connectivity index (χ1) is 29.6. The summed E-state index contributed by atoms with van der Waals surface area (Å²) in [6, 6.07) is 43.6. The molecule has 19 atom stereocenters. The first kappa shape index (κ1) is 37.2. The molecule has 4 aromatic rings. The lowest BCUT2D eigenvalue weighted by atomic mass is 9.43. The van der Waals surface area contributed by atoms with Crippen molar-refractivity contribution in [3.63, 3.8) is 0 Å². The zero-order valence-corrected chi connectivity index (χ0v) is 36.6. The van der Waals surface area contributed by atoms with Crippen LogP contribution < -0.4 is 0 Å². The van der Waals surface area contributed by atoms with E-state index in [0.29, 0.717) is 0 Å². The fourth-order valence-corrected chi connectivity index (χ4v) is 20.0. The molecule has 0 N–H and O–H groups in total. The lowest BCUT2D eigenvalue weighted by molar-refractivity contribution is -0.0872. The zero-order valence-electron chi connectivity index (χ0n) is 36.6. The second kappa shape index (κ2) is 14.6. The van der Waals surface area contributed by atoms with Crippen LogP contribution >= 0.6 is 0 Å². The third-order valence-corrected chi connectivity index (χ3v) is 21.1. The van der Waals surface area contributed by atoms with Crippen LogP contribution in [0.5, 0.6) is 0 Å². The molecular weight excluding hydrogens is 721 g/mol. The summed E-state index contributed by atoms with van der Waals surface area (Å²) in [6.07, 6.45) is 22.0. The Bertz CT molecular complexity index is 2200. The van der Waals surface area contributed by atoms with Gasteiger partial charge >= 0.3 is 0 Å². The van der Waals surface area contributed by atoms with Crippen LogP contribution in [0.1, 0.15) is 135 Å². The number of hydrogen-bond donors (Lipinski definition) is 0. The highest BCUT2D eigenvalue weighted by Gasteiger charge is 2.70. The summed E-state index contributed by atoms with van der Waals surface area (Å²) < 4.78 is 0. The van der Waals surface area contributed by atoms with Gasteiger partial charge in [-0.15, -0.1) is 0 Å². The van der Waals surface area contributed by atoms with Crippen LogP contribution in [0, 0.1) is 109 Å². The van der Waals surface area contributed by atoms with Crippen LogP contribution in [0.15, 0.2) is 115 Å². The second-order valence-electron chi connectivity index (χ2n) is 22.8. The van der Waals surface area contributed by atoms with Crippen molar-refractivity contribution in [1.82, 2.24) is 0 Å². The molecule has 0 aliphatic heterocycles. The third-order valence-electron chi connectivity index (χ3n) is 21.1. The number of hydrogen-bond acceptors (Lipinski definition) is 0. The Morgan fingerprint density at radius 2 is 1.02 bits per heavy atom. The summed E-state index contributed by atoms with van der Waals surface area (Å²) in [5.74, 6) is 16.5. The fourth-order valence-electron chi connectivity index (χ4n) is 20.0. The van der Waals surface area contributed by atoms with E-state index in [-0.39, 0.29) is 0 Å². The minimum atomic E-state index is 0.731. The maximum atomic E-state index is 2.89. The van der Waals surface area contributed by atoms with Gasteiger partial charge in [-0.05, 0) is 236 Å². The third kappa shape index (κ3) is 5.52. The summed E-state index contributed by atoms with van der Waals surface area (Å²) in [4.78, 5) is 0. The number of rotatable bonds is 4. The first-order valence-corrected chi connectivity index (χ1v) is 25.5. The van der Waals surface area contributed by atoms with Gasteiger partial charge < -0.3 is 0 Å². The van der Waals surface area contributed by atoms with Gasteiger partial charge in [-0.1, -0.05) is 128 Å². The van der Waals surface area contributed by atoms with Crippen LogP contribution in [0.3, 0.4) is 0 Å². The number of allylic oxidation sites excluding steroid dienone is 2. The molecule has 8 saturated carbocycles. The summed E-state index contributed by atoms with van der Waals surface area (Å²) >= 11 is 0. The average molecular weight is 791 g/mol. The molecule has 13 rings (SSSR count). The molecule has 0 radical (unpaired) electrons. The Morgan fingerprint density at radius 3 is 1.75 bits per heavy atom. The molecule has 0 heteroatoms. The first-order valence-electron chi connectivity index (χ1n) is 25.5. The predicted octanol–water partition coefficient (Wildman–Crippen LogP) is 15.1. The largest absolute Gasteiger partial charge is 0.0770 e. The standard InChI is InChI=1S/C60H70/c1-35-15-12-16-36(2)53(35)41-28-29-43-42(31-41)33-51-57-45(43)23-13-26-48(57)59-54(38-19-8-4-9-20-38)52-34-50-44-30-27-40(37-17-6-3-7-18-37)32-49(44)46-24-14-25-47(56(46)50)58(52)55(60(51)59)39-21-10-5-11-22-39/h3-12,15-22,32,41-52,54-60H,13-14,23-31,33-34H2,1-2H3. The monoisotopic (exact) mass is 791 g/mol. The van der Waals surface area contributed by atoms with Crippen molar-refractivity contribution in [2.24, 2.45) is 94.7 Å². The van der Waals surface area contributed by atoms with E-state index in [1.54, 1.807) is 33.4 Å². The summed E-state index contributed by atoms with van der Waals surface area (Å²) in [5.41, 5.74) is 11.5. The highest BCUT2D eigenvalue weighted by molar-refractivity contribution is 5.67. The smallest absolute Gasteiger partial charge is 0.00939 e. The second-order valence-corrected chi connectivity index (χ2v) is 22.8. The molecule has 0 heterocycles. The van der Waals surface area contributed by atoms with Gasteiger partial charge in [-0.3, -0.25) is 0 Å². The number of fused-ring (bicyclic) bond motifs is 10. The van der Waals surface area contributed by atoms with Gasteiger partial charge in [-0.25, -0.2) is 0 Å². The predicted molar refractivity (Wildman–Crippen MR) is 247 cm³/mol. The zero-order chi connectivity index (χ0) is 39.6. The summed E-state index contributed by atoms with van der Waals surface area (Å²) in [5, 5.41) is 0. The van der Waals surface area contributed by atoms with Crippen LogP contribution in [0.4, 0.5) is 0 Å². The fraction of sp³-hybridized carbons (Fsp3) is 0.567. The molecular formula is C60H70. The van der Waals surface area contributed by atoms with Crippen LogP contribution in [0.25, 0.3) is 5.57 Å². The van der Waals surface area contributed by atoms with Gasteiger partial charge in [0.25, 0.3) is 0 Å². The Hall–Kier alpha value is -3.38. The van der Waals surface area contributed by atoms with Gasteiger partial charge in [0, 0.05) is 0 Å². The molecule has 60 heavy (non-hydrogen) atoms. The van der Waals surface area contributed by atoms with Crippen molar-refractivity contribution < 1.29 is 0 Å². The van der Waals surface area contributed by atoms with Crippen molar-refractivity contribution in [1.29, 1.82) is 0 Å². The highest BCUT2D eigenvalue weighted by Crippen LogP contribution is 2.77. The Kier molecular flexibility index (Phi) is 9.05. The van der Waals surface area contributed by atoms with E-state index >= 15 is 0 Å². The van der Waals surface area contributed by atoms with Crippen molar-refractivity contribution in [2.45, 2.75) is 115 Å². The Labute approximate surface area is 362 Å². The van der Waals surface area contributed by atoms with Crippen LogP contribution in [-0.2, 0) is 0 Å². The Balaban J connectivity index is 0.940. The molecule has 19 unspecified atom stereocenters. The van der Waals surface area contributed by atoms with E-state index in [9.17, 15) is 0 Å². The van der Waals surface area contributed by atoms with Gasteiger partial charge in [-0.2, -0.15) is 0 Å². The molecule has 310 valence electrons. The van der Waals surface area contributed by atoms with E-state index in [1.807, 2.05) is 0 Å². The molecule has 0 bridgehead atoms. The minimum absolute atomic E-state index is 0.731. The van der Waals surface area contributed by atoms with E-state index < -0.39 is 0 Å². The van der Waals surface area contributed by atoms with Gasteiger partial charge in [0.1, 0.15) is 0 Å². The average Bonchev–Trinajstić information content (AvgIpc) is 3.79. The van der Waals surface area contributed by atoms with Crippen molar-refractivity contribution in [3.8, 4) is 0 Å².